The van der Waals surface area contributed by atoms with Crippen LogP contribution in [0.5, 0.6) is 0 Å². The zero-order chi connectivity index (χ0) is 21.0. The number of thiazole rings is 1. The van der Waals surface area contributed by atoms with Gasteiger partial charge in [-0.2, -0.15) is 0 Å². The van der Waals surface area contributed by atoms with E-state index in [2.05, 4.69) is 14.6 Å². The Morgan fingerprint density at radius 1 is 1.03 bits per heavy atom. The van der Waals surface area contributed by atoms with Crippen LogP contribution in [-0.4, -0.2) is 50.4 Å². The summed E-state index contributed by atoms with van der Waals surface area (Å²) in [6.45, 7) is 3.09. The van der Waals surface area contributed by atoms with Crippen LogP contribution in [-0.2, 0) is 21.2 Å². The Morgan fingerprint density at radius 2 is 1.87 bits per heavy atom. The molecule has 2 aromatic heterocycles. The maximum Gasteiger partial charge on any atom is 0.271 e. The van der Waals surface area contributed by atoms with Crippen molar-refractivity contribution in [1.82, 2.24) is 9.88 Å². The molecule has 1 saturated heterocycles. The van der Waals surface area contributed by atoms with Crippen molar-refractivity contribution in [2.75, 3.05) is 35.8 Å². The van der Waals surface area contributed by atoms with Crippen LogP contribution in [0.15, 0.2) is 57.6 Å². The minimum absolute atomic E-state index is 0.0860. The van der Waals surface area contributed by atoms with E-state index in [0.717, 1.165) is 36.8 Å². The summed E-state index contributed by atoms with van der Waals surface area (Å²) < 4.78 is 27.5. The molecule has 1 amide bonds. The predicted molar refractivity (Wildman–Crippen MR) is 121 cm³/mol. The molecule has 30 heavy (non-hydrogen) atoms. The molecule has 1 N–H and O–H groups in total. The van der Waals surface area contributed by atoms with Crippen LogP contribution in [0.4, 0.5) is 10.8 Å². The van der Waals surface area contributed by atoms with Crippen molar-refractivity contribution < 1.29 is 13.2 Å². The summed E-state index contributed by atoms with van der Waals surface area (Å²) in [5.41, 5.74) is 1.34. The van der Waals surface area contributed by atoms with E-state index < -0.39 is 10.0 Å². The molecule has 0 aliphatic carbocycles. The Bertz CT molecular complexity index is 1070. The van der Waals surface area contributed by atoms with E-state index in [4.69, 9.17) is 0 Å². The minimum atomic E-state index is -3.57. The average Bonchev–Trinajstić information content (AvgIpc) is 3.41. The lowest BCUT2D eigenvalue weighted by molar-refractivity contribution is -0.130. The second-order valence-corrected chi connectivity index (χ2v) is 10.7. The van der Waals surface area contributed by atoms with Crippen LogP contribution in [0.3, 0.4) is 0 Å². The molecule has 7 nitrogen and oxygen atoms in total. The van der Waals surface area contributed by atoms with Crippen LogP contribution < -0.4 is 9.62 Å². The third-order valence-corrected chi connectivity index (χ3v) is 8.47. The van der Waals surface area contributed by atoms with Crippen molar-refractivity contribution in [1.29, 1.82) is 0 Å². The molecule has 0 atom stereocenters. The van der Waals surface area contributed by atoms with Crippen LogP contribution >= 0.6 is 22.7 Å². The summed E-state index contributed by atoms with van der Waals surface area (Å²) in [7, 11) is -3.57. The van der Waals surface area contributed by atoms with Crippen LogP contribution in [0.1, 0.15) is 12.0 Å². The van der Waals surface area contributed by atoms with Crippen molar-refractivity contribution in [2.24, 2.45) is 0 Å². The molecule has 3 heterocycles. The number of anilines is 2. The molecule has 10 heteroatoms. The van der Waals surface area contributed by atoms with Crippen LogP contribution in [0, 0.1) is 0 Å². The summed E-state index contributed by atoms with van der Waals surface area (Å²) in [5, 5.41) is 4.69. The highest BCUT2D eigenvalue weighted by molar-refractivity contribution is 7.94. The average molecular weight is 463 g/mol. The van der Waals surface area contributed by atoms with Crippen molar-refractivity contribution in [2.45, 2.75) is 17.1 Å². The SMILES string of the molecule is O=C(Cc1ccc(NS(=O)(=O)c2cccs2)cc1)N1CCCN(c2nccs2)CC1. The zero-order valence-corrected chi connectivity index (χ0v) is 18.7. The Labute approximate surface area is 184 Å². The fourth-order valence-corrected chi connectivity index (χ4v) is 6.08. The lowest BCUT2D eigenvalue weighted by atomic mass is 10.1. The number of thiophene rings is 1. The van der Waals surface area contributed by atoms with Gasteiger partial charge >= 0.3 is 0 Å². The van der Waals surface area contributed by atoms with E-state index in [0.29, 0.717) is 18.7 Å². The van der Waals surface area contributed by atoms with Crippen molar-refractivity contribution in [3.05, 3.63) is 58.9 Å². The molecule has 0 spiro atoms. The molecular formula is C20H22N4O3S3. The zero-order valence-electron chi connectivity index (χ0n) is 16.2. The molecule has 0 unspecified atom stereocenters. The Kier molecular flexibility index (Phi) is 6.35. The van der Waals surface area contributed by atoms with E-state index in [1.807, 2.05) is 10.3 Å². The fourth-order valence-electron chi connectivity index (χ4n) is 3.33. The smallest absolute Gasteiger partial charge is 0.271 e. The van der Waals surface area contributed by atoms with Gasteiger partial charge in [-0.15, -0.1) is 22.7 Å². The number of rotatable bonds is 6. The molecule has 4 rings (SSSR count). The van der Waals surface area contributed by atoms with Crippen LogP contribution in [0.2, 0.25) is 0 Å². The van der Waals surface area contributed by atoms with Gasteiger partial charge in [0.2, 0.25) is 5.91 Å². The molecule has 158 valence electrons. The highest BCUT2D eigenvalue weighted by Crippen LogP contribution is 2.21. The van der Waals surface area contributed by atoms with Gasteiger partial charge in [0.05, 0.1) is 6.42 Å². The maximum absolute atomic E-state index is 12.8. The van der Waals surface area contributed by atoms with Gasteiger partial charge in [-0.1, -0.05) is 18.2 Å². The molecule has 0 radical (unpaired) electrons. The first-order chi connectivity index (χ1) is 14.5. The quantitative estimate of drug-likeness (QED) is 0.608. The van der Waals surface area contributed by atoms with Gasteiger partial charge in [0.25, 0.3) is 10.0 Å². The van der Waals surface area contributed by atoms with Gasteiger partial charge in [0.1, 0.15) is 4.21 Å². The van der Waals surface area contributed by atoms with E-state index in [1.54, 1.807) is 59.3 Å². The monoisotopic (exact) mass is 462 g/mol. The summed E-state index contributed by atoms with van der Waals surface area (Å²) in [5.74, 6) is 0.0860. The van der Waals surface area contributed by atoms with Gasteiger partial charge in [-0.05, 0) is 35.6 Å². The minimum Gasteiger partial charge on any atom is -0.346 e. The van der Waals surface area contributed by atoms with Crippen molar-refractivity contribution in [3.63, 3.8) is 0 Å². The Hall–Kier alpha value is -2.43. The summed E-state index contributed by atoms with van der Waals surface area (Å²) >= 11 is 2.79. The van der Waals surface area contributed by atoms with E-state index in [1.165, 1.54) is 11.3 Å². The fraction of sp³-hybridized carbons (Fsp3) is 0.300. The highest BCUT2D eigenvalue weighted by atomic mass is 32.2. The summed E-state index contributed by atoms with van der Waals surface area (Å²) in [6.07, 6.45) is 3.02. The number of amides is 1. The number of nitrogens with zero attached hydrogens (tertiary/aromatic N) is 3. The number of aromatic nitrogens is 1. The lowest BCUT2D eigenvalue weighted by Gasteiger charge is -2.21. The molecule has 1 aromatic carbocycles. The third kappa shape index (κ3) is 5.00. The van der Waals surface area contributed by atoms with Gasteiger partial charge < -0.3 is 9.80 Å². The van der Waals surface area contributed by atoms with Crippen molar-refractivity contribution >= 4 is 49.4 Å². The van der Waals surface area contributed by atoms with E-state index in [9.17, 15) is 13.2 Å². The standard InChI is InChI=1S/C20H22N4O3S3/c25-18(23-9-2-10-24(12-11-23)20-21-8-14-29-20)15-16-4-6-17(7-5-16)22-30(26,27)19-3-1-13-28-19/h1,3-8,13-14,22H,2,9-12,15H2. The Morgan fingerprint density at radius 3 is 2.57 bits per heavy atom. The molecule has 1 fully saturated rings. The van der Waals surface area contributed by atoms with E-state index >= 15 is 0 Å². The summed E-state index contributed by atoms with van der Waals surface area (Å²) in [6, 6.07) is 10.2. The van der Waals surface area contributed by atoms with Crippen molar-refractivity contribution in [3.8, 4) is 0 Å². The number of carbonyl (C=O) groups excluding carboxylic acids is 1. The van der Waals surface area contributed by atoms with Gasteiger partial charge in [-0.3, -0.25) is 9.52 Å². The first-order valence-corrected chi connectivity index (χ1v) is 12.8. The van der Waals surface area contributed by atoms with Gasteiger partial charge in [-0.25, -0.2) is 13.4 Å². The normalized spacial score (nSPS) is 15.1. The predicted octanol–water partition coefficient (Wildman–Crippen LogP) is 3.29. The molecule has 0 bridgehead atoms. The number of hydrogen-bond donors (Lipinski definition) is 1. The topological polar surface area (TPSA) is 82.6 Å². The second-order valence-electron chi connectivity index (χ2n) is 6.95. The molecule has 1 aliphatic heterocycles. The lowest BCUT2D eigenvalue weighted by Crippen LogP contribution is -2.36. The molecule has 0 saturated carbocycles. The number of benzene rings is 1. The first-order valence-electron chi connectivity index (χ1n) is 9.59. The number of sulfonamides is 1. The number of carbonyl (C=O) groups is 1. The molecular weight excluding hydrogens is 440 g/mol. The second kappa shape index (κ2) is 9.15. The van der Waals surface area contributed by atoms with Gasteiger partial charge in [0, 0.05) is 43.4 Å². The molecule has 1 aliphatic rings. The number of nitrogens with one attached hydrogen (secondary N) is 1. The molecule has 3 aromatic rings. The van der Waals surface area contributed by atoms with Crippen LogP contribution in [0.25, 0.3) is 0 Å². The maximum atomic E-state index is 12.8. The third-order valence-electron chi connectivity index (χ3n) is 4.86. The van der Waals surface area contributed by atoms with E-state index in [-0.39, 0.29) is 10.1 Å². The largest absolute Gasteiger partial charge is 0.346 e. The Balaban J connectivity index is 1.33. The number of hydrogen-bond acceptors (Lipinski definition) is 7. The summed E-state index contributed by atoms with van der Waals surface area (Å²) in [4.78, 5) is 21.3. The highest BCUT2D eigenvalue weighted by Gasteiger charge is 2.21. The first kappa shape index (κ1) is 20.8. The van der Waals surface area contributed by atoms with Gasteiger partial charge in [0.15, 0.2) is 5.13 Å².